The van der Waals surface area contributed by atoms with Gasteiger partial charge in [0.15, 0.2) is 0 Å². The maximum absolute atomic E-state index is 5.71. The number of rotatable bonds is 5. The van der Waals surface area contributed by atoms with Crippen LogP contribution >= 0.6 is 12.6 Å². The van der Waals surface area contributed by atoms with Gasteiger partial charge in [-0.05, 0) is 86.9 Å². The van der Waals surface area contributed by atoms with Gasteiger partial charge < -0.3 is 0 Å². The summed E-state index contributed by atoms with van der Waals surface area (Å²) in [7, 11) is 11.4. The highest BCUT2D eigenvalue weighted by atomic mass is 32.1. The molecule has 3 heteroatoms. The molecular weight excluding hydrogens is 318 g/mol. The van der Waals surface area contributed by atoms with Gasteiger partial charge in [0.25, 0.3) is 0 Å². The van der Waals surface area contributed by atoms with Crippen LogP contribution in [0, 0.1) is 35.5 Å². The second kappa shape index (κ2) is 7.84. The molecule has 25 heavy (non-hydrogen) atoms. The smallest absolute Gasteiger partial charge is 0.0575 e. The van der Waals surface area contributed by atoms with Gasteiger partial charge >= 0.3 is 0 Å². The molecule has 4 aliphatic rings. The van der Waals surface area contributed by atoms with Crippen LogP contribution in [-0.2, 0) is 0 Å². The maximum atomic E-state index is 5.71. The fourth-order valence-corrected chi connectivity index (χ4v) is 8.45. The molecule has 136 valence electrons. The molecule has 0 amide bonds. The Morgan fingerprint density at radius 1 is 0.840 bits per heavy atom. The average Bonchev–Trinajstić information content (AvgIpc) is 2.95. The van der Waals surface area contributed by atoms with E-state index in [1.807, 2.05) is 0 Å². The third-order valence-electron chi connectivity index (χ3n) is 8.85. The van der Waals surface area contributed by atoms with E-state index >= 15 is 0 Å². The molecule has 0 heterocycles. The van der Waals surface area contributed by atoms with Crippen molar-refractivity contribution in [3.8, 4) is 0 Å². The van der Waals surface area contributed by atoms with E-state index in [1.165, 1.54) is 77.0 Å². The molecule has 0 spiro atoms. The topological polar surface area (TPSA) is 0 Å². The van der Waals surface area contributed by atoms with E-state index in [2.05, 4.69) is 0 Å². The molecule has 0 bridgehead atoms. The molecule has 0 nitrogen and oxygen atoms in total. The first kappa shape index (κ1) is 18.8. The molecule has 4 radical (unpaired) electrons. The van der Waals surface area contributed by atoms with Gasteiger partial charge in [-0.2, -0.15) is 12.6 Å². The van der Waals surface area contributed by atoms with Crippen molar-refractivity contribution in [3.05, 3.63) is 0 Å². The Bertz CT molecular complexity index is 453. The van der Waals surface area contributed by atoms with Gasteiger partial charge in [0.2, 0.25) is 0 Å². The van der Waals surface area contributed by atoms with Crippen molar-refractivity contribution in [1.82, 2.24) is 0 Å². The lowest BCUT2D eigenvalue weighted by atomic mass is 9.53. The first-order valence-electron chi connectivity index (χ1n) is 11.3. The van der Waals surface area contributed by atoms with Crippen LogP contribution in [0.25, 0.3) is 0 Å². The minimum Gasteiger partial charge on any atom is -0.172 e. The fraction of sp³-hybridized carbons (Fsp3) is 1.00. The Morgan fingerprint density at radius 3 is 2.52 bits per heavy atom. The van der Waals surface area contributed by atoms with E-state index in [0.717, 1.165) is 41.9 Å². The van der Waals surface area contributed by atoms with Crippen molar-refractivity contribution in [1.29, 1.82) is 0 Å². The molecule has 0 aromatic heterocycles. The number of hydrogen-bond donors (Lipinski definition) is 1. The monoisotopic (exact) mass is 354 g/mol. The van der Waals surface area contributed by atoms with Crippen molar-refractivity contribution in [2.45, 2.75) is 100 Å². The number of unbranched alkanes of at least 4 members (excludes halogenated alkanes) is 1. The summed E-state index contributed by atoms with van der Waals surface area (Å²) in [5, 5.41) is 0. The van der Waals surface area contributed by atoms with Crippen molar-refractivity contribution < 1.29 is 0 Å². The molecule has 7 unspecified atom stereocenters. The zero-order valence-corrected chi connectivity index (χ0v) is 16.9. The van der Waals surface area contributed by atoms with Crippen LogP contribution < -0.4 is 0 Å². The van der Waals surface area contributed by atoms with Crippen LogP contribution in [0.1, 0.15) is 89.9 Å². The van der Waals surface area contributed by atoms with E-state index in [9.17, 15) is 0 Å². The second-order valence-corrected chi connectivity index (χ2v) is 10.8. The number of thiol groups is 1. The van der Waals surface area contributed by atoms with Crippen molar-refractivity contribution in [2.24, 2.45) is 35.5 Å². The number of hydrogen-bond acceptors (Lipinski definition) is 1. The lowest BCUT2D eigenvalue weighted by molar-refractivity contribution is -0.0151. The highest BCUT2D eigenvalue weighted by Gasteiger charge is 2.56. The molecule has 4 fully saturated rings. The summed E-state index contributed by atoms with van der Waals surface area (Å²) >= 11 is 5.43. The summed E-state index contributed by atoms with van der Waals surface area (Å²) in [6.07, 6.45) is 19.7. The van der Waals surface area contributed by atoms with Crippen LogP contribution in [0.4, 0.5) is 0 Å². The molecule has 4 saturated carbocycles. The van der Waals surface area contributed by atoms with Gasteiger partial charge in [0, 0.05) is 4.75 Å². The van der Waals surface area contributed by atoms with Crippen LogP contribution in [0.3, 0.4) is 0 Å². The fourth-order valence-electron chi connectivity index (χ4n) is 7.74. The summed E-state index contributed by atoms with van der Waals surface area (Å²) in [6.45, 7) is 0. The van der Waals surface area contributed by atoms with Crippen LogP contribution in [0.5, 0.6) is 0 Å². The van der Waals surface area contributed by atoms with E-state index in [1.54, 1.807) is 6.42 Å². The Balaban J connectivity index is 1.39. The molecule has 0 N–H and O–H groups in total. The summed E-state index contributed by atoms with van der Waals surface area (Å²) in [5.74, 6) is 5.99. The molecule has 4 aliphatic carbocycles. The standard InChI is InChI=1S/C22H36B2S/c23-21(24)8-4-2-6-16-10-12-20-19-11-9-15-5-1-3-7-17(15)18(19)13-14-22(16,20)25/h15-21,25H,1-14H2. The lowest BCUT2D eigenvalue weighted by Gasteiger charge is -2.55. The van der Waals surface area contributed by atoms with Crippen molar-refractivity contribution >= 4 is 28.3 Å². The summed E-state index contributed by atoms with van der Waals surface area (Å²) in [4.78, 5) is 0. The third kappa shape index (κ3) is 3.62. The van der Waals surface area contributed by atoms with Gasteiger partial charge in [-0.1, -0.05) is 38.5 Å². The quantitative estimate of drug-likeness (QED) is 0.352. The summed E-state index contributed by atoms with van der Waals surface area (Å²) in [5.41, 5.74) is -0.123. The van der Waals surface area contributed by atoms with Crippen molar-refractivity contribution in [2.75, 3.05) is 0 Å². The molecular formula is C22H36B2S. The van der Waals surface area contributed by atoms with E-state index < -0.39 is 0 Å². The zero-order valence-electron chi connectivity index (χ0n) is 16.0. The summed E-state index contributed by atoms with van der Waals surface area (Å²) < 4.78 is 0.355. The van der Waals surface area contributed by atoms with Gasteiger partial charge in [-0.25, -0.2) is 0 Å². The normalized spacial score (nSPS) is 46.5. The predicted octanol–water partition coefficient (Wildman–Crippen LogP) is 5.95. The van der Waals surface area contributed by atoms with E-state index in [0.29, 0.717) is 4.75 Å². The largest absolute Gasteiger partial charge is 0.172 e. The van der Waals surface area contributed by atoms with Crippen molar-refractivity contribution in [3.63, 3.8) is 0 Å². The Kier molecular flexibility index (Phi) is 5.91. The zero-order chi connectivity index (χ0) is 17.4. The first-order chi connectivity index (χ1) is 12.1. The van der Waals surface area contributed by atoms with E-state index in [4.69, 9.17) is 28.3 Å². The first-order valence-corrected chi connectivity index (χ1v) is 11.8. The lowest BCUT2D eigenvalue weighted by Crippen LogP contribution is -2.50. The van der Waals surface area contributed by atoms with Gasteiger partial charge in [0.1, 0.15) is 0 Å². The average molecular weight is 354 g/mol. The SMILES string of the molecule is [B]C([B])CCCCC1CCC2C3CCC4CCCCC4C3CCC12S. The second-order valence-electron chi connectivity index (χ2n) is 9.97. The Hall–Kier alpha value is 0.480. The number of fused-ring (bicyclic) bond motifs is 5. The maximum Gasteiger partial charge on any atom is 0.0575 e. The molecule has 4 rings (SSSR count). The molecule has 0 aliphatic heterocycles. The molecule has 0 aromatic carbocycles. The highest BCUT2D eigenvalue weighted by Crippen LogP contribution is 2.63. The van der Waals surface area contributed by atoms with Gasteiger partial charge in [-0.15, -0.1) is 5.72 Å². The van der Waals surface area contributed by atoms with Crippen LogP contribution in [0.2, 0.25) is 5.72 Å². The third-order valence-corrected chi connectivity index (χ3v) is 9.77. The Morgan fingerprint density at radius 2 is 1.68 bits per heavy atom. The van der Waals surface area contributed by atoms with Crippen LogP contribution in [0.15, 0.2) is 0 Å². The van der Waals surface area contributed by atoms with Gasteiger partial charge in [-0.3, -0.25) is 0 Å². The van der Waals surface area contributed by atoms with Crippen LogP contribution in [-0.4, -0.2) is 20.4 Å². The van der Waals surface area contributed by atoms with Gasteiger partial charge in [0.05, 0.1) is 15.7 Å². The minimum absolute atomic E-state index is 0.123. The highest BCUT2D eigenvalue weighted by molar-refractivity contribution is 7.81. The molecule has 7 atom stereocenters. The molecule has 0 saturated heterocycles. The molecule has 0 aromatic rings. The Labute approximate surface area is 164 Å². The minimum atomic E-state index is -0.123. The predicted molar refractivity (Wildman–Crippen MR) is 113 cm³/mol. The summed E-state index contributed by atoms with van der Waals surface area (Å²) in [6, 6.07) is 0. The van der Waals surface area contributed by atoms with E-state index in [-0.39, 0.29) is 5.72 Å².